The fourth-order valence-corrected chi connectivity index (χ4v) is 1.87. The van der Waals surface area contributed by atoms with Gasteiger partial charge in [0.25, 0.3) is 0 Å². The van der Waals surface area contributed by atoms with Gasteiger partial charge in [0.15, 0.2) is 0 Å². The molecule has 0 aliphatic heterocycles. The van der Waals surface area contributed by atoms with E-state index in [1.54, 1.807) is 18.2 Å². The Morgan fingerprint density at radius 3 is 2.94 bits per heavy atom. The van der Waals surface area contributed by atoms with Crippen LogP contribution in [0.25, 0.3) is 0 Å². The van der Waals surface area contributed by atoms with Crippen LogP contribution in [0, 0.1) is 0 Å². The number of rotatable bonds is 4. The van der Waals surface area contributed by atoms with Crippen molar-refractivity contribution < 1.29 is 19.7 Å². The van der Waals surface area contributed by atoms with Gasteiger partial charge in [-0.2, -0.15) is 0 Å². The summed E-state index contributed by atoms with van der Waals surface area (Å²) in [6.45, 7) is 0.231. The highest BCUT2D eigenvalue weighted by Crippen LogP contribution is 2.20. The van der Waals surface area contributed by atoms with Gasteiger partial charge in [0.2, 0.25) is 5.01 Å². The van der Waals surface area contributed by atoms with E-state index >= 15 is 0 Å². The first-order valence-electron chi connectivity index (χ1n) is 4.75. The number of carbonyl (C=O) groups is 1. The van der Waals surface area contributed by atoms with Crippen LogP contribution in [-0.4, -0.2) is 21.2 Å². The molecule has 0 saturated heterocycles. The molecule has 6 heteroatoms. The summed E-state index contributed by atoms with van der Waals surface area (Å²) >= 11 is 1.07. The van der Waals surface area contributed by atoms with Crippen molar-refractivity contribution in [1.29, 1.82) is 0 Å². The smallest absolute Gasteiger partial charge is 0.365 e. The van der Waals surface area contributed by atoms with Crippen LogP contribution in [0.2, 0.25) is 0 Å². The maximum Gasteiger partial charge on any atom is 0.365 e. The normalized spacial score (nSPS) is 10.1. The van der Waals surface area contributed by atoms with Crippen LogP contribution < -0.4 is 4.74 Å². The minimum atomic E-state index is -1.04. The number of carboxylic acid groups (broad SMARTS) is 1. The second kappa shape index (κ2) is 4.84. The average Bonchev–Trinajstić information content (AvgIpc) is 2.75. The third kappa shape index (κ3) is 2.94. The zero-order valence-electron chi connectivity index (χ0n) is 8.66. The van der Waals surface area contributed by atoms with Crippen molar-refractivity contribution in [3.8, 4) is 11.5 Å². The highest BCUT2D eigenvalue weighted by Gasteiger charge is 2.09. The number of phenolic OH excluding ortho intramolecular Hbond substituents is 1. The first kappa shape index (κ1) is 11.4. The molecule has 1 aromatic heterocycles. The molecule has 0 radical (unpaired) electrons. The van der Waals surface area contributed by atoms with Gasteiger partial charge < -0.3 is 14.9 Å². The molecule has 2 N–H and O–H groups in total. The Balaban J connectivity index is 2.00. The van der Waals surface area contributed by atoms with E-state index in [1.807, 2.05) is 0 Å². The van der Waals surface area contributed by atoms with Crippen molar-refractivity contribution in [3.05, 3.63) is 40.3 Å². The lowest BCUT2D eigenvalue weighted by molar-refractivity contribution is 0.0696. The van der Waals surface area contributed by atoms with Gasteiger partial charge in [-0.1, -0.05) is 6.07 Å². The number of aromatic hydroxyl groups is 1. The molecule has 0 fully saturated rings. The predicted octanol–water partition coefficient (Wildman–Crippen LogP) is 2.13. The minimum absolute atomic E-state index is 0.0412. The van der Waals surface area contributed by atoms with Crippen LogP contribution in [0.1, 0.15) is 14.7 Å². The van der Waals surface area contributed by atoms with E-state index in [0.717, 1.165) is 11.3 Å². The number of phenols is 1. The summed E-state index contributed by atoms with van der Waals surface area (Å²) in [5.74, 6) is -0.396. The Bertz CT molecular complexity index is 538. The lowest BCUT2D eigenvalue weighted by Crippen LogP contribution is -1.93. The molecule has 2 aromatic rings. The molecule has 0 saturated carbocycles. The summed E-state index contributed by atoms with van der Waals surface area (Å²) in [5.41, 5.74) is 0. The van der Waals surface area contributed by atoms with Gasteiger partial charge in [-0.05, 0) is 12.1 Å². The summed E-state index contributed by atoms with van der Waals surface area (Å²) < 4.78 is 5.38. The number of nitrogens with zero attached hydrogens (tertiary/aromatic N) is 1. The van der Waals surface area contributed by atoms with Gasteiger partial charge >= 0.3 is 5.97 Å². The molecule has 0 spiro atoms. The molecular formula is C11H9NO4S. The van der Waals surface area contributed by atoms with E-state index < -0.39 is 5.97 Å². The molecule has 0 bridgehead atoms. The summed E-state index contributed by atoms with van der Waals surface area (Å²) in [4.78, 5) is 15.1. The van der Waals surface area contributed by atoms with Crippen LogP contribution in [-0.2, 0) is 6.61 Å². The molecule has 0 aliphatic rings. The van der Waals surface area contributed by atoms with E-state index in [1.165, 1.54) is 12.3 Å². The summed E-state index contributed by atoms with van der Waals surface area (Å²) in [6, 6.07) is 6.40. The lowest BCUT2D eigenvalue weighted by Gasteiger charge is -2.03. The Hall–Kier alpha value is -2.08. The summed E-state index contributed by atoms with van der Waals surface area (Å²) in [6.07, 6.45) is 1.47. The quantitative estimate of drug-likeness (QED) is 0.870. The van der Waals surface area contributed by atoms with Gasteiger partial charge in [0, 0.05) is 12.3 Å². The number of hydrogen-bond acceptors (Lipinski definition) is 5. The maximum absolute atomic E-state index is 10.6. The standard InChI is InChI=1S/C11H9NO4S/c13-7-2-1-3-8(4-7)16-6-9-5-12-10(17-9)11(14)15/h1-5,13H,6H2,(H,14,15). The molecule has 5 nitrogen and oxygen atoms in total. The lowest BCUT2D eigenvalue weighted by atomic mass is 10.3. The number of benzene rings is 1. The first-order valence-corrected chi connectivity index (χ1v) is 5.56. The van der Waals surface area contributed by atoms with Gasteiger partial charge in [0.1, 0.15) is 18.1 Å². The average molecular weight is 251 g/mol. The topological polar surface area (TPSA) is 79.7 Å². The van der Waals surface area contributed by atoms with Crippen molar-refractivity contribution in [2.75, 3.05) is 0 Å². The van der Waals surface area contributed by atoms with Crippen LogP contribution >= 0.6 is 11.3 Å². The molecule has 2 rings (SSSR count). The number of hydrogen-bond donors (Lipinski definition) is 2. The Labute approximate surface area is 101 Å². The van der Waals surface area contributed by atoms with Crippen LogP contribution in [0.4, 0.5) is 0 Å². The first-order chi connectivity index (χ1) is 8.15. The molecular weight excluding hydrogens is 242 g/mol. The molecule has 1 aromatic carbocycles. The molecule has 17 heavy (non-hydrogen) atoms. The number of aromatic nitrogens is 1. The van der Waals surface area contributed by atoms with Crippen LogP contribution in [0.15, 0.2) is 30.5 Å². The van der Waals surface area contributed by atoms with Crippen molar-refractivity contribution in [2.24, 2.45) is 0 Å². The molecule has 1 heterocycles. The van der Waals surface area contributed by atoms with Crippen molar-refractivity contribution in [2.45, 2.75) is 6.61 Å². The van der Waals surface area contributed by atoms with Crippen molar-refractivity contribution >= 4 is 17.3 Å². The molecule has 0 aliphatic carbocycles. The van der Waals surface area contributed by atoms with E-state index in [-0.39, 0.29) is 17.4 Å². The van der Waals surface area contributed by atoms with E-state index in [2.05, 4.69) is 4.98 Å². The minimum Gasteiger partial charge on any atom is -0.508 e. The summed E-state index contributed by atoms with van der Waals surface area (Å²) in [7, 11) is 0. The third-order valence-corrected chi connectivity index (χ3v) is 2.89. The van der Waals surface area contributed by atoms with Crippen molar-refractivity contribution in [1.82, 2.24) is 4.98 Å². The molecule has 0 unspecified atom stereocenters. The largest absolute Gasteiger partial charge is 0.508 e. The maximum atomic E-state index is 10.6. The second-order valence-corrected chi connectivity index (χ2v) is 4.34. The predicted molar refractivity (Wildman–Crippen MR) is 61.5 cm³/mol. The SMILES string of the molecule is O=C(O)c1ncc(COc2cccc(O)c2)s1. The Kier molecular flexibility index (Phi) is 3.24. The third-order valence-electron chi connectivity index (χ3n) is 1.94. The van der Waals surface area contributed by atoms with Crippen LogP contribution in [0.3, 0.4) is 0 Å². The fourth-order valence-electron chi connectivity index (χ4n) is 1.20. The van der Waals surface area contributed by atoms with Crippen molar-refractivity contribution in [3.63, 3.8) is 0 Å². The fraction of sp³-hybridized carbons (Fsp3) is 0.0909. The Morgan fingerprint density at radius 1 is 1.47 bits per heavy atom. The zero-order chi connectivity index (χ0) is 12.3. The number of carboxylic acids is 1. The number of ether oxygens (including phenoxy) is 1. The van der Waals surface area contributed by atoms with Gasteiger partial charge in [-0.3, -0.25) is 0 Å². The Morgan fingerprint density at radius 2 is 2.29 bits per heavy atom. The second-order valence-electron chi connectivity index (χ2n) is 3.22. The van der Waals surface area contributed by atoms with E-state index in [9.17, 15) is 9.90 Å². The molecule has 0 atom stereocenters. The zero-order valence-corrected chi connectivity index (χ0v) is 9.48. The van der Waals surface area contributed by atoms with E-state index in [0.29, 0.717) is 10.6 Å². The highest BCUT2D eigenvalue weighted by molar-refractivity contribution is 7.13. The van der Waals surface area contributed by atoms with Crippen LogP contribution in [0.5, 0.6) is 11.5 Å². The van der Waals surface area contributed by atoms with Gasteiger partial charge in [0.05, 0.1) is 4.88 Å². The molecule has 88 valence electrons. The number of thiazole rings is 1. The number of aromatic carboxylic acids is 1. The van der Waals surface area contributed by atoms with Gasteiger partial charge in [-0.25, -0.2) is 9.78 Å². The summed E-state index contributed by atoms with van der Waals surface area (Å²) in [5, 5.41) is 18.0. The van der Waals surface area contributed by atoms with Gasteiger partial charge in [-0.15, -0.1) is 11.3 Å². The molecule has 0 amide bonds. The van der Waals surface area contributed by atoms with E-state index in [4.69, 9.17) is 9.84 Å². The highest BCUT2D eigenvalue weighted by atomic mass is 32.1. The monoisotopic (exact) mass is 251 g/mol.